The number of aliphatic hydroxyl groups excluding tert-OH is 1. The van der Waals surface area contributed by atoms with E-state index in [1.165, 1.54) is 17.8 Å². The standard InChI is InChI=1S/C7H11N3O4/c1-7(12,5-11)4-9-3-6(2-8-9)10(13)14/h2-3,11-12H,4-5H2,1H3/t7-/m1/s1. The Morgan fingerprint density at radius 3 is 2.86 bits per heavy atom. The van der Waals surface area contributed by atoms with Gasteiger partial charge in [-0.15, -0.1) is 0 Å². The average molecular weight is 201 g/mol. The summed E-state index contributed by atoms with van der Waals surface area (Å²) in [5, 5.41) is 32.2. The summed E-state index contributed by atoms with van der Waals surface area (Å²) in [6.07, 6.45) is 2.29. The van der Waals surface area contributed by atoms with Gasteiger partial charge >= 0.3 is 5.69 Å². The summed E-state index contributed by atoms with van der Waals surface area (Å²) in [5.74, 6) is 0. The van der Waals surface area contributed by atoms with E-state index in [1.54, 1.807) is 0 Å². The maximum Gasteiger partial charge on any atom is 0.306 e. The van der Waals surface area contributed by atoms with E-state index in [1.807, 2.05) is 0 Å². The van der Waals surface area contributed by atoms with Crippen LogP contribution in [0, 0.1) is 10.1 Å². The molecule has 0 unspecified atom stereocenters. The molecule has 14 heavy (non-hydrogen) atoms. The fraction of sp³-hybridized carbons (Fsp3) is 0.571. The molecule has 0 amide bonds. The van der Waals surface area contributed by atoms with Crippen LogP contribution in [0.3, 0.4) is 0 Å². The first-order chi connectivity index (χ1) is 6.44. The van der Waals surface area contributed by atoms with Gasteiger partial charge in [-0.1, -0.05) is 0 Å². The summed E-state index contributed by atoms with van der Waals surface area (Å²) in [5.41, 5.74) is -1.46. The lowest BCUT2D eigenvalue weighted by Gasteiger charge is -2.19. The predicted octanol–water partition coefficient (Wildman–Crippen LogP) is -0.465. The van der Waals surface area contributed by atoms with Gasteiger partial charge in [-0.3, -0.25) is 14.8 Å². The Bertz CT molecular complexity index is 333. The van der Waals surface area contributed by atoms with Crippen LogP contribution in [0.15, 0.2) is 12.4 Å². The number of hydrogen-bond donors (Lipinski definition) is 2. The number of nitrogens with zero attached hydrogens (tertiary/aromatic N) is 3. The monoisotopic (exact) mass is 201 g/mol. The molecular formula is C7H11N3O4. The molecule has 7 heteroatoms. The minimum atomic E-state index is -1.32. The summed E-state index contributed by atoms with van der Waals surface area (Å²) < 4.78 is 1.22. The molecule has 0 radical (unpaired) electrons. The molecule has 7 nitrogen and oxygen atoms in total. The molecule has 0 saturated heterocycles. The van der Waals surface area contributed by atoms with Crippen LogP contribution in [-0.2, 0) is 6.54 Å². The number of aromatic nitrogens is 2. The lowest BCUT2D eigenvalue weighted by molar-refractivity contribution is -0.385. The van der Waals surface area contributed by atoms with Crippen molar-refractivity contribution in [2.75, 3.05) is 6.61 Å². The van der Waals surface area contributed by atoms with Gasteiger partial charge in [0.05, 0.1) is 18.1 Å². The number of nitro groups is 1. The highest BCUT2D eigenvalue weighted by Crippen LogP contribution is 2.11. The van der Waals surface area contributed by atoms with Gasteiger partial charge in [0.1, 0.15) is 18.0 Å². The Labute approximate surface area is 79.7 Å². The molecule has 0 spiro atoms. The molecule has 0 fully saturated rings. The summed E-state index contributed by atoms with van der Waals surface area (Å²) in [6.45, 7) is 0.999. The Hall–Kier alpha value is -1.47. The molecule has 1 heterocycles. The van der Waals surface area contributed by atoms with Gasteiger partial charge in [0.15, 0.2) is 0 Å². The Morgan fingerprint density at radius 2 is 2.43 bits per heavy atom. The number of hydrogen-bond acceptors (Lipinski definition) is 5. The van der Waals surface area contributed by atoms with E-state index in [-0.39, 0.29) is 12.2 Å². The van der Waals surface area contributed by atoms with Gasteiger partial charge in [-0.25, -0.2) is 0 Å². The fourth-order valence-corrected chi connectivity index (χ4v) is 0.932. The zero-order valence-electron chi connectivity index (χ0n) is 7.62. The van der Waals surface area contributed by atoms with E-state index in [4.69, 9.17) is 5.11 Å². The van der Waals surface area contributed by atoms with Crippen molar-refractivity contribution in [3.05, 3.63) is 22.5 Å². The highest BCUT2D eigenvalue weighted by molar-refractivity contribution is 5.20. The van der Waals surface area contributed by atoms with E-state index >= 15 is 0 Å². The van der Waals surface area contributed by atoms with Crippen molar-refractivity contribution >= 4 is 5.69 Å². The highest BCUT2D eigenvalue weighted by atomic mass is 16.6. The molecule has 78 valence electrons. The molecule has 1 aromatic heterocycles. The molecular weight excluding hydrogens is 190 g/mol. The normalized spacial score (nSPS) is 15.1. The third-order valence-corrected chi connectivity index (χ3v) is 1.67. The maximum atomic E-state index is 10.3. The van der Waals surface area contributed by atoms with E-state index < -0.39 is 17.1 Å². The maximum absolute atomic E-state index is 10.3. The largest absolute Gasteiger partial charge is 0.393 e. The van der Waals surface area contributed by atoms with Crippen LogP contribution in [0.5, 0.6) is 0 Å². The molecule has 2 N–H and O–H groups in total. The van der Waals surface area contributed by atoms with Gasteiger partial charge in [-0.05, 0) is 6.92 Å². The zero-order chi connectivity index (χ0) is 10.8. The smallest absolute Gasteiger partial charge is 0.306 e. The first-order valence-corrected chi connectivity index (χ1v) is 3.95. The van der Waals surface area contributed by atoms with Gasteiger partial charge in [0.25, 0.3) is 0 Å². The molecule has 0 aliphatic heterocycles. The Morgan fingerprint density at radius 1 is 1.79 bits per heavy atom. The number of rotatable bonds is 4. The third kappa shape index (κ3) is 2.51. The minimum absolute atomic E-state index is 0.0112. The molecule has 0 aromatic carbocycles. The van der Waals surface area contributed by atoms with E-state index in [0.29, 0.717) is 0 Å². The summed E-state index contributed by atoms with van der Waals surface area (Å²) in [6, 6.07) is 0. The van der Waals surface area contributed by atoms with Crippen molar-refractivity contribution in [1.82, 2.24) is 9.78 Å². The van der Waals surface area contributed by atoms with E-state index in [2.05, 4.69) is 5.10 Å². The van der Waals surface area contributed by atoms with Crippen molar-refractivity contribution in [3.8, 4) is 0 Å². The summed E-state index contributed by atoms with van der Waals surface area (Å²) >= 11 is 0. The average Bonchev–Trinajstić information content (AvgIpc) is 2.52. The van der Waals surface area contributed by atoms with Crippen LogP contribution in [-0.4, -0.2) is 37.1 Å². The molecule has 0 aliphatic rings. The predicted molar refractivity (Wildman–Crippen MR) is 46.6 cm³/mol. The summed E-state index contributed by atoms with van der Waals surface area (Å²) in [4.78, 5) is 9.72. The van der Waals surface area contributed by atoms with Gasteiger partial charge < -0.3 is 10.2 Å². The molecule has 0 bridgehead atoms. The third-order valence-electron chi connectivity index (χ3n) is 1.67. The Balaban J connectivity index is 2.73. The van der Waals surface area contributed by atoms with Crippen LogP contribution >= 0.6 is 0 Å². The second-order valence-electron chi connectivity index (χ2n) is 3.31. The number of aliphatic hydroxyl groups is 2. The van der Waals surface area contributed by atoms with Crippen molar-refractivity contribution in [3.63, 3.8) is 0 Å². The van der Waals surface area contributed by atoms with Crippen molar-refractivity contribution in [2.24, 2.45) is 0 Å². The topological polar surface area (TPSA) is 101 Å². The minimum Gasteiger partial charge on any atom is -0.393 e. The van der Waals surface area contributed by atoms with Gasteiger partial charge in [0.2, 0.25) is 0 Å². The second kappa shape index (κ2) is 3.72. The Kier molecular flexibility index (Phi) is 2.82. The fourth-order valence-electron chi connectivity index (χ4n) is 0.932. The lowest BCUT2D eigenvalue weighted by atomic mass is 10.1. The SMILES string of the molecule is C[C@](O)(CO)Cn1cc([N+](=O)[O-])cn1. The summed E-state index contributed by atoms with van der Waals surface area (Å²) in [7, 11) is 0. The molecule has 0 saturated carbocycles. The van der Waals surface area contributed by atoms with Crippen molar-refractivity contribution in [1.29, 1.82) is 0 Å². The second-order valence-corrected chi connectivity index (χ2v) is 3.31. The van der Waals surface area contributed by atoms with Crippen LogP contribution < -0.4 is 0 Å². The molecule has 1 atom stereocenters. The first kappa shape index (κ1) is 10.6. The highest BCUT2D eigenvalue weighted by Gasteiger charge is 2.21. The quantitative estimate of drug-likeness (QED) is 0.506. The van der Waals surface area contributed by atoms with E-state index in [0.717, 1.165) is 6.20 Å². The van der Waals surface area contributed by atoms with Crippen LogP contribution in [0.2, 0.25) is 0 Å². The molecule has 0 aliphatic carbocycles. The zero-order valence-corrected chi connectivity index (χ0v) is 7.62. The van der Waals surface area contributed by atoms with Crippen LogP contribution in [0.4, 0.5) is 5.69 Å². The first-order valence-electron chi connectivity index (χ1n) is 3.95. The van der Waals surface area contributed by atoms with Crippen molar-refractivity contribution in [2.45, 2.75) is 19.1 Å². The molecule has 1 aromatic rings. The van der Waals surface area contributed by atoms with Gasteiger partial charge in [0, 0.05) is 0 Å². The van der Waals surface area contributed by atoms with E-state index in [9.17, 15) is 15.2 Å². The lowest BCUT2D eigenvalue weighted by Crippen LogP contribution is -2.34. The molecule has 1 rings (SSSR count). The van der Waals surface area contributed by atoms with Crippen LogP contribution in [0.1, 0.15) is 6.92 Å². The van der Waals surface area contributed by atoms with Crippen LogP contribution in [0.25, 0.3) is 0 Å². The van der Waals surface area contributed by atoms with Gasteiger partial charge in [-0.2, -0.15) is 5.10 Å². The van der Waals surface area contributed by atoms with Crippen molar-refractivity contribution < 1.29 is 15.1 Å².